The van der Waals surface area contributed by atoms with Gasteiger partial charge in [0, 0.05) is 16.9 Å². The number of hydrogen-bond donors (Lipinski definition) is 2. The molecule has 0 spiro atoms. The zero-order valence-corrected chi connectivity index (χ0v) is 18.1. The van der Waals surface area contributed by atoms with Gasteiger partial charge in [-0.25, -0.2) is 0 Å². The van der Waals surface area contributed by atoms with Crippen molar-refractivity contribution < 1.29 is 9.53 Å². The third kappa shape index (κ3) is 6.41. The van der Waals surface area contributed by atoms with Crippen LogP contribution in [-0.4, -0.2) is 12.5 Å². The van der Waals surface area contributed by atoms with Crippen molar-refractivity contribution in [3.8, 4) is 5.75 Å². The molecule has 1 aliphatic rings. The Balaban J connectivity index is 1.75. The molecule has 0 unspecified atom stereocenters. The second-order valence-corrected chi connectivity index (χ2v) is 8.19. The van der Waals surface area contributed by atoms with E-state index in [2.05, 4.69) is 24.1 Å². The molecule has 2 N–H and O–H groups in total. The van der Waals surface area contributed by atoms with E-state index < -0.39 is 0 Å². The van der Waals surface area contributed by atoms with Gasteiger partial charge in [-0.1, -0.05) is 43.1 Å². The number of unbranched alkanes of at least 4 members (excludes halogenated alkanes) is 1. The molecule has 6 heteroatoms. The van der Waals surface area contributed by atoms with Crippen molar-refractivity contribution >= 4 is 40.5 Å². The third-order valence-corrected chi connectivity index (χ3v) is 5.46. The molecule has 0 radical (unpaired) electrons. The van der Waals surface area contributed by atoms with E-state index in [4.69, 9.17) is 27.9 Å². The maximum absolute atomic E-state index is 12.7. The Kier molecular flexibility index (Phi) is 7.45. The topological polar surface area (TPSA) is 50.4 Å². The van der Waals surface area contributed by atoms with Crippen LogP contribution in [0.5, 0.6) is 5.75 Å². The molecule has 1 fully saturated rings. The number of carbonyl (C=O) groups excluding carboxylic acids is 1. The fourth-order valence-corrected chi connectivity index (χ4v) is 3.21. The van der Waals surface area contributed by atoms with Gasteiger partial charge in [0.1, 0.15) is 5.75 Å². The van der Waals surface area contributed by atoms with Gasteiger partial charge in [-0.2, -0.15) is 0 Å². The predicted molar refractivity (Wildman–Crippen MR) is 121 cm³/mol. The standard InChI is InChI=1S/C23H26Cl2N2O2/c1-3-4-11-29-22-10-7-17(13-21(22)26-15(2)12-16-5-6-16)23(28)27-18-8-9-19(24)20(25)14-18/h7-10,13-14,16,26H,2-6,11-12H2,1H3,(H,27,28). The Morgan fingerprint density at radius 3 is 2.62 bits per heavy atom. The van der Waals surface area contributed by atoms with Gasteiger partial charge in [0.15, 0.2) is 0 Å². The van der Waals surface area contributed by atoms with E-state index >= 15 is 0 Å². The molecule has 0 aromatic heterocycles. The first kappa shape index (κ1) is 21.5. The number of carbonyl (C=O) groups is 1. The molecule has 0 atom stereocenters. The van der Waals surface area contributed by atoms with Crippen molar-refractivity contribution in [2.45, 2.75) is 39.0 Å². The number of allylic oxidation sites excluding steroid dienone is 1. The van der Waals surface area contributed by atoms with Gasteiger partial charge in [0.05, 0.1) is 22.3 Å². The van der Waals surface area contributed by atoms with Crippen LogP contribution in [0.1, 0.15) is 49.4 Å². The summed E-state index contributed by atoms with van der Waals surface area (Å²) in [7, 11) is 0. The molecule has 3 rings (SSSR count). The lowest BCUT2D eigenvalue weighted by molar-refractivity contribution is 0.102. The fourth-order valence-electron chi connectivity index (χ4n) is 2.91. The normalized spacial score (nSPS) is 13.1. The Morgan fingerprint density at radius 2 is 1.93 bits per heavy atom. The lowest BCUT2D eigenvalue weighted by Crippen LogP contribution is -2.13. The quantitative estimate of drug-likeness (QED) is 0.391. The maximum Gasteiger partial charge on any atom is 0.255 e. The van der Waals surface area contributed by atoms with Crippen LogP contribution in [0.15, 0.2) is 48.7 Å². The first-order chi connectivity index (χ1) is 14.0. The van der Waals surface area contributed by atoms with Gasteiger partial charge >= 0.3 is 0 Å². The molecule has 1 amide bonds. The summed E-state index contributed by atoms with van der Waals surface area (Å²) < 4.78 is 5.91. The first-order valence-electron chi connectivity index (χ1n) is 9.94. The van der Waals surface area contributed by atoms with Crippen LogP contribution in [0.25, 0.3) is 0 Å². The summed E-state index contributed by atoms with van der Waals surface area (Å²) >= 11 is 12.0. The second kappa shape index (κ2) is 10.0. The average molecular weight is 433 g/mol. The SMILES string of the molecule is C=C(CC1CC1)Nc1cc(C(=O)Nc2ccc(Cl)c(Cl)c2)ccc1OCCCC. The van der Waals surface area contributed by atoms with Crippen molar-refractivity contribution in [3.63, 3.8) is 0 Å². The summed E-state index contributed by atoms with van der Waals surface area (Å²) in [5, 5.41) is 7.03. The molecule has 29 heavy (non-hydrogen) atoms. The van der Waals surface area contributed by atoms with Crippen molar-refractivity contribution in [2.75, 3.05) is 17.2 Å². The van der Waals surface area contributed by atoms with Crippen LogP contribution in [-0.2, 0) is 0 Å². The smallest absolute Gasteiger partial charge is 0.255 e. The predicted octanol–water partition coefficient (Wildman–Crippen LogP) is 7.15. The van der Waals surface area contributed by atoms with E-state index in [-0.39, 0.29) is 5.91 Å². The van der Waals surface area contributed by atoms with Crippen LogP contribution in [0.3, 0.4) is 0 Å². The first-order valence-corrected chi connectivity index (χ1v) is 10.7. The number of nitrogens with one attached hydrogen (secondary N) is 2. The highest BCUT2D eigenvalue weighted by Crippen LogP contribution is 2.36. The third-order valence-electron chi connectivity index (χ3n) is 4.72. The van der Waals surface area contributed by atoms with Crippen LogP contribution >= 0.6 is 23.2 Å². The van der Waals surface area contributed by atoms with Crippen LogP contribution < -0.4 is 15.4 Å². The van der Waals surface area contributed by atoms with E-state index in [0.29, 0.717) is 27.9 Å². The van der Waals surface area contributed by atoms with Crippen molar-refractivity contribution in [3.05, 3.63) is 64.3 Å². The van der Waals surface area contributed by atoms with Crippen LogP contribution in [0, 0.1) is 5.92 Å². The lowest BCUT2D eigenvalue weighted by atomic mass is 10.1. The van der Waals surface area contributed by atoms with E-state index in [1.54, 1.807) is 30.3 Å². The Labute approximate surface area is 182 Å². The highest BCUT2D eigenvalue weighted by atomic mass is 35.5. The second-order valence-electron chi connectivity index (χ2n) is 7.37. The van der Waals surface area contributed by atoms with Gasteiger partial charge in [0.25, 0.3) is 5.91 Å². The molecule has 0 heterocycles. The Bertz CT molecular complexity index is 894. The van der Waals surface area contributed by atoms with Gasteiger partial charge in [-0.15, -0.1) is 0 Å². The lowest BCUT2D eigenvalue weighted by Gasteiger charge is -2.16. The molecule has 4 nitrogen and oxygen atoms in total. The molecule has 2 aromatic carbocycles. The monoisotopic (exact) mass is 432 g/mol. The van der Waals surface area contributed by atoms with Gasteiger partial charge in [0.2, 0.25) is 0 Å². The summed E-state index contributed by atoms with van der Waals surface area (Å²) in [6.07, 6.45) is 5.48. The van der Waals surface area contributed by atoms with E-state index in [0.717, 1.165) is 42.3 Å². The number of rotatable bonds is 10. The minimum Gasteiger partial charge on any atom is -0.491 e. The van der Waals surface area contributed by atoms with Crippen LogP contribution in [0.4, 0.5) is 11.4 Å². The summed E-state index contributed by atoms with van der Waals surface area (Å²) in [5.41, 5.74) is 2.80. The van der Waals surface area contributed by atoms with E-state index in [9.17, 15) is 4.79 Å². The fraction of sp³-hybridized carbons (Fsp3) is 0.348. The average Bonchev–Trinajstić information content (AvgIpc) is 3.49. The number of ether oxygens (including phenoxy) is 1. The molecule has 1 saturated carbocycles. The van der Waals surface area contributed by atoms with Gasteiger partial charge in [-0.3, -0.25) is 4.79 Å². The van der Waals surface area contributed by atoms with E-state index in [1.165, 1.54) is 12.8 Å². The molecule has 0 aliphatic heterocycles. The van der Waals surface area contributed by atoms with Crippen molar-refractivity contribution in [1.82, 2.24) is 0 Å². The largest absolute Gasteiger partial charge is 0.491 e. The molecule has 154 valence electrons. The Morgan fingerprint density at radius 1 is 1.14 bits per heavy atom. The van der Waals surface area contributed by atoms with Gasteiger partial charge < -0.3 is 15.4 Å². The number of amides is 1. The van der Waals surface area contributed by atoms with Crippen molar-refractivity contribution in [1.29, 1.82) is 0 Å². The maximum atomic E-state index is 12.7. The highest BCUT2D eigenvalue weighted by molar-refractivity contribution is 6.42. The minimum atomic E-state index is -0.237. The zero-order valence-electron chi connectivity index (χ0n) is 16.6. The van der Waals surface area contributed by atoms with Crippen molar-refractivity contribution in [2.24, 2.45) is 5.92 Å². The zero-order chi connectivity index (χ0) is 20.8. The number of halogens is 2. The summed E-state index contributed by atoms with van der Waals surface area (Å²) in [6.45, 7) is 6.89. The van der Waals surface area contributed by atoms with Gasteiger partial charge in [-0.05, 0) is 68.0 Å². The molecule has 0 saturated heterocycles. The Hall–Kier alpha value is -2.17. The molecule has 0 bridgehead atoms. The molecule has 1 aliphatic carbocycles. The van der Waals surface area contributed by atoms with E-state index in [1.807, 2.05) is 6.07 Å². The summed E-state index contributed by atoms with van der Waals surface area (Å²) in [4.78, 5) is 12.7. The van der Waals surface area contributed by atoms with Crippen LogP contribution in [0.2, 0.25) is 10.0 Å². The number of benzene rings is 2. The number of hydrogen-bond acceptors (Lipinski definition) is 3. The molecular formula is C23H26Cl2N2O2. The molecule has 2 aromatic rings. The number of anilines is 2. The highest BCUT2D eigenvalue weighted by Gasteiger charge is 2.22. The summed E-state index contributed by atoms with van der Waals surface area (Å²) in [5.74, 6) is 1.21. The minimum absolute atomic E-state index is 0.237. The molecular weight excluding hydrogens is 407 g/mol. The summed E-state index contributed by atoms with van der Waals surface area (Å²) in [6, 6.07) is 10.4.